The lowest BCUT2D eigenvalue weighted by molar-refractivity contribution is 0.0980. The van der Waals surface area contributed by atoms with Crippen molar-refractivity contribution in [1.29, 1.82) is 0 Å². The zero-order chi connectivity index (χ0) is 23.0. The highest BCUT2D eigenvalue weighted by Crippen LogP contribution is 2.19. The Morgan fingerprint density at radius 1 is 1.03 bits per heavy atom. The normalized spacial score (nSPS) is 13.9. The monoisotopic (exact) mass is 449 g/mol. The third-order valence-corrected chi connectivity index (χ3v) is 6.67. The molecule has 31 heavy (non-hydrogen) atoms. The number of nitrogens with zero attached hydrogens (tertiary/aromatic N) is 1. The summed E-state index contributed by atoms with van der Waals surface area (Å²) in [5.74, 6) is 0.00490. The third-order valence-electron chi connectivity index (χ3n) is 4.83. The molecular formula is C22H31N3O5S. The maximum Gasteiger partial charge on any atom is 0.404 e. The van der Waals surface area contributed by atoms with Crippen molar-refractivity contribution in [3.8, 4) is 0 Å². The highest BCUT2D eigenvalue weighted by molar-refractivity contribution is 7.89. The molecule has 0 aliphatic heterocycles. The highest BCUT2D eigenvalue weighted by Gasteiger charge is 2.31. The predicted molar refractivity (Wildman–Crippen MR) is 119 cm³/mol. The van der Waals surface area contributed by atoms with E-state index >= 15 is 0 Å². The van der Waals surface area contributed by atoms with Crippen molar-refractivity contribution >= 4 is 16.1 Å². The van der Waals surface area contributed by atoms with Crippen molar-refractivity contribution in [3.63, 3.8) is 0 Å². The van der Waals surface area contributed by atoms with Gasteiger partial charge in [0.05, 0.1) is 17.0 Å². The van der Waals surface area contributed by atoms with Crippen LogP contribution >= 0.6 is 0 Å². The maximum atomic E-state index is 13.3. The standard InChI is InChI=1S/C22H31N3O5S/c1-16(2)14-25(31(29,30)19-10-8-18(13-23)9-11-19)15-21(26)20(24-22(27)28)12-17-6-4-3-5-7-17/h3-11,16,20-21,24,26H,12-15,23H2,1-2H3,(H,27,28)/t20-,21+/m0/s1. The summed E-state index contributed by atoms with van der Waals surface area (Å²) in [5.41, 5.74) is 7.23. The van der Waals surface area contributed by atoms with E-state index in [2.05, 4.69) is 5.32 Å². The molecule has 0 heterocycles. The van der Waals surface area contributed by atoms with Crippen molar-refractivity contribution in [2.24, 2.45) is 11.7 Å². The number of nitrogens with two attached hydrogens (primary N) is 1. The number of carboxylic acid groups (broad SMARTS) is 1. The second-order valence-electron chi connectivity index (χ2n) is 7.88. The Balaban J connectivity index is 2.27. The molecule has 2 rings (SSSR count). The summed E-state index contributed by atoms with van der Waals surface area (Å²) in [6.07, 6.45) is -2.29. The summed E-state index contributed by atoms with van der Waals surface area (Å²) in [6, 6.07) is 14.6. The van der Waals surface area contributed by atoms with E-state index in [4.69, 9.17) is 5.73 Å². The predicted octanol–water partition coefficient (Wildman–Crippen LogP) is 2.03. The van der Waals surface area contributed by atoms with Crippen molar-refractivity contribution in [1.82, 2.24) is 9.62 Å². The van der Waals surface area contributed by atoms with Gasteiger partial charge in [0.2, 0.25) is 10.0 Å². The molecule has 0 aliphatic rings. The van der Waals surface area contributed by atoms with Crippen LogP contribution in [0.3, 0.4) is 0 Å². The smallest absolute Gasteiger partial charge is 0.404 e. The zero-order valence-electron chi connectivity index (χ0n) is 17.8. The SMILES string of the molecule is CC(C)CN(C[C@@H](O)[C@H](Cc1ccccc1)NC(=O)O)S(=O)(=O)c1ccc(CN)cc1. The molecule has 0 bridgehead atoms. The molecule has 0 unspecified atom stereocenters. The van der Waals surface area contributed by atoms with Crippen LogP contribution in [0.1, 0.15) is 25.0 Å². The molecule has 0 radical (unpaired) electrons. The van der Waals surface area contributed by atoms with Crippen LogP contribution in [0.4, 0.5) is 4.79 Å². The molecule has 0 spiro atoms. The number of benzene rings is 2. The summed E-state index contributed by atoms with van der Waals surface area (Å²) in [5, 5.41) is 22.4. The molecule has 5 N–H and O–H groups in total. The lowest BCUT2D eigenvalue weighted by atomic mass is 10.0. The first kappa shape index (κ1) is 24.8. The van der Waals surface area contributed by atoms with Gasteiger partial charge in [-0.3, -0.25) is 0 Å². The van der Waals surface area contributed by atoms with Crippen LogP contribution in [0.15, 0.2) is 59.5 Å². The lowest BCUT2D eigenvalue weighted by Crippen LogP contribution is -2.50. The van der Waals surface area contributed by atoms with E-state index in [0.717, 1.165) is 11.1 Å². The van der Waals surface area contributed by atoms with E-state index in [9.17, 15) is 23.4 Å². The van der Waals surface area contributed by atoms with Crippen LogP contribution in [0.2, 0.25) is 0 Å². The number of hydrogen-bond acceptors (Lipinski definition) is 5. The van der Waals surface area contributed by atoms with Crippen LogP contribution in [-0.2, 0) is 23.0 Å². The summed E-state index contributed by atoms with van der Waals surface area (Å²) in [4.78, 5) is 11.4. The first-order chi connectivity index (χ1) is 14.6. The first-order valence-corrected chi connectivity index (χ1v) is 11.6. The summed E-state index contributed by atoms with van der Waals surface area (Å²) in [7, 11) is -3.89. The summed E-state index contributed by atoms with van der Waals surface area (Å²) < 4.78 is 27.7. The van der Waals surface area contributed by atoms with Gasteiger partial charge in [-0.25, -0.2) is 13.2 Å². The number of aliphatic hydroxyl groups excluding tert-OH is 1. The van der Waals surface area contributed by atoms with Crippen LogP contribution in [0.5, 0.6) is 0 Å². The van der Waals surface area contributed by atoms with Crippen molar-refractivity contribution in [2.45, 2.75) is 43.9 Å². The number of sulfonamides is 1. The summed E-state index contributed by atoms with van der Waals surface area (Å²) in [6.45, 7) is 4.00. The number of nitrogens with one attached hydrogen (secondary N) is 1. The van der Waals surface area contributed by atoms with Gasteiger partial charge in [0.1, 0.15) is 0 Å². The molecule has 2 aromatic carbocycles. The van der Waals surface area contributed by atoms with E-state index in [-0.39, 0.29) is 30.3 Å². The molecule has 170 valence electrons. The largest absolute Gasteiger partial charge is 0.465 e. The summed E-state index contributed by atoms with van der Waals surface area (Å²) >= 11 is 0. The minimum absolute atomic E-state index is 0.00490. The van der Waals surface area contributed by atoms with E-state index in [1.807, 2.05) is 44.2 Å². The quantitative estimate of drug-likeness (QED) is 0.415. The van der Waals surface area contributed by atoms with Gasteiger partial charge >= 0.3 is 6.09 Å². The Morgan fingerprint density at radius 3 is 2.16 bits per heavy atom. The number of rotatable bonds is 11. The van der Waals surface area contributed by atoms with Gasteiger partial charge in [-0.05, 0) is 35.6 Å². The Bertz CT molecular complexity index is 933. The molecule has 1 amide bonds. The topological polar surface area (TPSA) is 133 Å². The average Bonchev–Trinajstić information content (AvgIpc) is 2.73. The fraction of sp³-hybridized carbons (Fsp3) is 0.409. The van der Waals surface area contributed by atoms with E-state index in [0.29, 0.717) is 6.54 Å². The Morgan fingerprint density at radius 2 is 1.65 bits per heavy atom. The fourth-order valence-corrected chi connectivity index (χ4v) is 4.89. The molecular weight excluding hydrogens is 418 g/mol. The van der Waals surface area contributed by atoms with Gasteiger partial charge < -0.3 is 21.3 Å². The Kier molecular flexibility index (Phi) is 9.00. The molecule has 0 aliphatic carbocycles. The number of carbonyl (C=O) groups is 1. The molecule has 2 atom stereocenters. The number of amides is 1. The second-order valence-corrected chi connectivity index (χ2v) is 9.81. The minimum atomic E-state index is -3.89. The van der Waals surface area contributed by atoms with E-state index in [1.165, 1.54) is 16.4 Å². The average molecular weight is 450 g/mol. The van der Waals surface area contributed by atoms with Gasteiger partial charge in [-0.1, -0.05) is 56.3 Å². The Hall–Kier alpha value is -2.46. The molecule has 8 nitrogen and oxygen atoms in total. The van der Waals surface area contributed by atoms with Crippen LogP contribution in [-0.4, -0.2) is 54.3 Å². The van der Waals surface area contributed by atoms with Crippen molar-refractivity contribution in [2.75, 3.05) is 13.1 Å². The number of aliphatic hydroxyl groups is 1. The van der Waals surface area contributed by atoms with E-state index < -0.39 is 28.3 Å². The number of hydrogen-bond donors (Lipinski definition) is 4. The van der Waals surface area contributed by atoms with Gasteiger partial charge in [-0.2, -0.15) is 4.31 Å². The second kappa shape index (κ2) is 11.2. The Labute approximate surface area is 183 Å². The van der Waals surface area contributed by atoms with Gasteiger partial charge in [0.25, 0.3) is 0 Å². The van der Waals surface area contributed by atoms with Gasteiger partial charge in [0, 0.05) is 19.6 Å². The van der Waals surface area contributed by atoms with Gasteiger partial charge in [-0.15, -0.1) is 0 Å². The highest BCUT2D eigenvalue weighted by atomic mass is 32.2. The molecule has 0 saturated carbocycles. The minimum Gasteiger partial charge on any atom is -0.465 e. The zero-order valence-corrected chi connectivity index (χ0v) is 18.6. The molecule has 0 saturated heterocycles. The van der Waals surface area contributed by atoms with Gasteiger partial charge in [0.15, 0.2) is 0 Å². The van der Waals surface area contributed by atoms with Crippen LogP contribution < -0.4 is 11.1 Å². The molecule has 0 fully saturated rings. The van der Waals surface area contributed by atoms with Crippen LogP contribution in [0.25, 0.3) is 0 Å². The van der Waals surface area contributed by atoms with Crippen molar-refractivity contribution in [3.05, 3.63) is 65.7 Å². The third kappa shape index (κ3) is 7.32. The molecule has 2 aromatic rings. The van der Waals surface area contributed by atoms with Crippen LogP contribution in [0, 0.1) is 5.92 Å². The van der Waals surface area contributed by atoms with Crippen molar-refractivity contribution < 1.29 is 23.4 Å². The lowest BCUT2D eigenvalue weighted by Gasteiger charge is -2.30. The molecule has 0 aromatic heterocycles. The van der Waals surface area contributed by atoms with E-state index in [1.54, 1.807) is 12.1 Å². The maximum absolute atomic E-state index is 13.3. The fourth-order valence-electron chi connectivity index (χ4n) is 3.27. The molecule has 9 heteroatoms. The first-order valence-electron chi connectivity index (χ1n) is 10.1.